The maximum absolute atomic E-state index is 6.42. The number of benzene rings is 1. The molecule has 2 heterocycles. The van der Waals surface area contributed by atoms with Crippen LogP contribution in [0.3, 0.4) is 0 Å². The van der Waals surface area contributed by atoms with Gasteiger partial charge in [0.2, 0.25) is 0 Å². The molecule has 0 amide bonds. The molecule has 2 aliphatic rings. The molecule has 1 aromatic rings. The maximum atomic E-state index is 6.42. The Morgan fingerprint density at radius 2 is 1.73 bits per heavy atom. The Morgan fingerprint density at radius 3 is 2.36 bits per heavy atom. The summed E-state index contributed by atoms with van der Waals surface area (Å²) < 4.78 is 18.2. The zero-order valence-corrected chi connectivity index (χ0v) is 14.1. The Bertz CT molecular complexity index is 508. The number of hydrogen-bond acceptors (Lipinski definition) is 4. The van der Waals surface area contributed by atoms with Crippen LogP contribution in [0.1, 0.15) is 45.0 Å². The van der Waals surface area contributed by atoms with Gasteiger partial charge in [-0.25, -0.2) is 0 Å². The van der Waals surface area contributed by atoms with Crippen LogP contribution in [-0.4, -0.2) is 38.5 Å². The van der Waals surface area contributed by atoms with E-state index in [4.69, 9.17) is 14.2 Å². The van der Waals surface area contributed by atoms with E-state index in [9.17, 15) is 0 Å². The van der Waals surface area contributed by atoms with Crippen LogP contribution < -0.4 is 4.90 Å². The Balaban J connectivity index is 1.75. The van der Waals surface area contributed by atoms with Gasteiger partial charge in [-0.05, 0) is 26.0 Å². The summed E-state index contributed by atoms with van der Waals surface area (Å²) in [6.45, 7) is 5.80. The normalized spacial score (nSPS) is 31.2. The first-order chi connectivity index (χ1) is 10.4. The van der Waals surface area contributed by atoms with Crippen molar-refractivity contribution in [3.05, 3.63) is 29.8 Å². The lowest BCUT2D eigenvalue weighted by atomic mass is 9.81. The van der Waals surface area contributed by atoms with Crippen molar-refractivity contribution < 1.29 is 14.2 Å². The monoisotopic (exact) mass is 305 g/mol. The molecule has 2 aliphatic heterocycles. The van der Waals surface area contributed by atoms with Crippen LogP contribution in [0.15, 0.2) is 24.3 Å². The molecule has 122 valence electrons. The van der Waals surface area contributed by atoms with Crippen molar-refractivity contribution in [3.63, 3.8) is 0 Å². The molecular formula is C18H27NO3. The Kier molecular flexibility index (Phi) is 4.19. The smallest absolute Gasteiger partial charge is 0.184 e. The lowest BCUT2D eigenvalue weighted by Crippen LogP contribution is -2.50. The lowest BCUT2D eigenvalue weighted by Gasteiger charge is -2.48. The number of hydrogen-bond donors (Lipinski definition) is 0. The number of ether oxygens (including phenoxy) is 3. The molecule has 4 nitrogen and oxygen atoms in total. The molecule has 0 unspecified atom stereocenters. The quantitative estimate of drug-likeness (QED) is 0.836. The Hall–Kier alpha value is -1.10. The molecule has 0 saturated carbocycles. The van der Waals surface area contributed by atoms with Crippen LogP contribution in [0.5, 0.6) is 0 Å². The highest BCUT2D eigenvalue weighted by Crippen LogP contribution is 2.43. The van der Waals surface area contributed by atoms with Crippen LogP contribution in [0, 0.1) is 0 Å². The van der Waals surface area contributed by atoms with Crippen molar-refractivity contribution in [1.82, 2.24) is 0 Å². The van der Waals surface area contributed by atoms with Crippen molar-refractivity contribution in [2.45, 2.75) is 50.6 Å². The molecule has 2 fully saturated rings. The van der Waals surface area contributed by atoms with Gasteiger partial charge in [0.1, 0.15) is 0 Å². The summed E-state index contributed by atoms with van der Waals surface area (Å²) in [4.78, 5) is 2.09. The van der Waals surface area contributed by atoms with Gasteiger partial charge in [-0.3, -0.25) is 0 Å². The topological polar surface area (TPSA) is 30.9 Å². The molecule has 4 heteroatoms. The summed E-state index contributed by atoms with van der Waals surface area (Å²) in [7, 11) is 4.09. The molecule has 1 aromatic carbocycles. The zero-order chi connectivity index (χ0) is 15.8. The minimum absolute atomic E-state index is 0.106. The van der Waals surface area contributed by atoms with E-state index < -0.39 is 0 Å². The average Bonchev–Trinajstić information content (AvgIpc) is 2.46. The van der Waals surface area contributed by atoms with Gasteiger partial charge >= 0.3 is 0 Å². The first kappa shape index (κ1) is 15.8. The number of rotatable bonds is 2. The maximum Gasteiger partial charge on any atom is 0.184 e. The standard InChI is InChI=1S/C18H27NO3/c1-17(2)13-18(10-12-21-17)9-11-20-16(22-18)14-5-7-15(8-6-14)19(3)4/h5-8,16H,9-13H2,1-4H3/t16-,18-/m0/s1. The SMILES string of the molecule is CN(C)c1ccc([C@H]2OCC[C@@]3(CCOC(C)(C)C3)O2)cc1. The van der Waals surface area contributed by atoms with Crippen molar-refractivity contribution in [3.8, 4) is 0 Å². The van der Waals surface area contributed by atoms with Gasteiger partial charge in [0.25, 0.3) is 0 Å². The summed E-state index contributed by atoms with van der Waals surface area (Å²) in [6.07, 6.45) is 2.56. The molecule has 0 aromatic heterocycles. The van der Waals surface area contributed by atoms with Crippen molar-refractivity contribution in [1.29, 1.82) is 0 Å². The molecule has 0 bridgehead atoms. The summed E-state index contributed by atoms with van der Waals surface area (Å²) in [5.74, 6) is 0. The van der Waals surface area contributed by atoms with Crippen LogP contribution in [0.4, 0.5) is 5.69 Å². The molecular weight excluding hydrogens is 278 g/mol. The second-order valence-electron chi connectivity index (χ2n) is 7.27. The molecule has 1 spiro atoms. The second-order valence-corrected chi connectivity index (χ2v) is 7.27. The van der Waals surface area contributed by atoms with Crippen LogP contribution in [0.2, 0.25) is 0 Å². The minimum Gasteiger partial charge on any atom is -0.378 e. The van der Waals surface area contributed by atoms with Gasteiger partial charge in [-0.2, -0.15) is 0 Å². The van der Waals surface area contributed by atoms with E-state index in [0.717, 1.165) is 38.0 Å². The van der Waals surface area contributed by atoms with Crippen molar-refractivity contribution in [2.75, 3.05) is 32.2 Å². The van der Waals surface area contributed by atoms with Crippen LogP contribution in [-0.2, 0) is 14.2 Å². The highest BCUT2D eigenvalue weighted by molar-refractivity contribution is 5.46. The summed E-state index contributed by atoms with van der Waals surface area (Å²) in [6, 6.07) is 8.42. The summed E-state index contributed by atoms with van der Waals surface area (Å²) >= 11 is 0. The van der Waals surface area contributed by atoms with Gasteiger partial charge in [-0.15, -0.1) is 0 Å². The second kappa shape index (κ2) is 5.84. The molecule has 3 rings (SSSR count). The molecule has 0 aliphatic carbocycles. The van der Waals surface area contributed by atoms with Gasteiger partial charge in [0.15, 0.2) is 6.29 Å². The third-order valence-electron chi connectivity index (χ3n) is 4.66. The number of anilines is 1. The Labute approximate surface area is 133 Å². The molecule has 2 atom stereocenters. The highest BCUT2D eigenvalue weighted by atomic mass is 16.7. The fourth-order valence-electron chi connectivity index (χ4n) is 3.51. The van der Waals surface area contributed by atoms with Crippen LogP contribution in [0.25, 0.3) is 0 Å². The first-order valence-corrected chi connectivity index (χ1v) is 8.10. The number of nitrogens with zero attached hydrogens (tertiary/aromatic N) is 1. The van der Waals surface area contributed by atoms with E-state index in [1.165, 1.54) is 5.69 Å². The van der Waals surface area contributed by atoms with E-state index in [1.54, 1.807) is 0 Å². The summed E-state index contributed by atoms with van der Waals surface area (Å²) in [5, 5.41) is 0. The van der Waals surface area contributed by atoms with Gasteiger partial charge in [0.05, 0.1) is 24.4 Å². The third-order valence-corrected chi connectivity index (χ3v) is 4.66. The molecule has 0 radical (unpaired) electrons. The third kappa shape index (κ3) is 3.29. The van der Waals surface area contributed by atoms with E-state index in [2.05, 4.69) is 43.0 Å². The van der Waals surface area contributed by atoms with Crippen LogP contribution >= 0.6 is 0 Å². The van der Waals surface area contributed by atoms with Crippen molar-refractivity contribution >= 4 is 5.69 Å². The first-order valence-electron chi connectivity index (χ1n) is 8.10. The highest BCUT2D eigenvalue weighted by Gasteiger charge is 2.45. The average molecular weight is 305 g/mol. The molecule has 22 heavy (non-hydrogen) atoms. The van der Waals surface area contributed by atoms with E-state index in [-0.39, 0.29) is 17.5 Å². The fourth-order valence-corrected chi connectivity index (χ4v) is 3.51. The largest absolute Gasteiger partial charge is 0.378 e. The van der Waals surface area contributed by atoms with Gasteiger partial charge < -0.3 is 19.1 Å². The predicted octanol–water partition coefficient (Wildman–Crippen LogP) is 3.52. The predicted molar refractivity (Wildman–Crippen MR) is 87.2 cm³/mol. The van der Waals surface area contributed by atoms with Gasteiger partial charge in [0, 0.05) is 44.6 Å². The summed E-state index contributed by atoms with van der Waals surface area (Å²) in [5.41, 5.74) is 2.05. The fraction of sp³-hybridized carbons (Fsp3) is 0.667. The van der Waals surface area contributed by atoms with Crippen molar-refractivity contribution in [2.24, 2.45) is 0 Å². The van der Waals surface area contributed by atoms with Gasteiger partial charge in [-0.1, -0.05) is 12.1 Å². The lowest BCUT2D eigenvalue weighted by molar-refractivity contribution is -0.293. The molecule has 2 saturated heterocycles. The van der Waals surface area contributed by atoms with E-state index in [1.807, 2.05) is 14.1 Å². The van der Waals surface area contributed by atoms with E-state index >= 15 is 0 Å². The van der Waals surface area contributed by atoms with E-state index in [0.29, 0.717) is 0 Å². The zero-order valence-electron chi connectivity index (χ0n) is 14.1. The molecule has 0 N–H and O–H groups in total. The Morgan fingerprint density at radius 1 is 1.05 bits per heavy atom. The minimum atomic E-state index is -0.265.